The Labute approximate surface area is 97.5 Å². The molecule has 0 aliphatic rings. The van der Waals surface area contributed by atoms with Crippen LogP contribution in [0.4, 0.5) is 0 Å². The molecule has 0 amide bonds. The minimum Gasteiger partial charge on any atom is -0.508 e. The zero-order chi connectivity index (χ0) is 12.4. The Bertz CT molecular complexity index is 524. The lowest BCUT2D eigenvalue weighted by molar-refractivity contribution is 0.109. The number of hydrogen-bond donors (Lipinski definition) is 2. The van der Waals surface area contributed by atoms with Gasteiger partial charge in [0.15, 0.2) is 0 Å². The highest BCUT2D eigenvalue weighted by Gasteiger charge is 2.16. The molecular formula is C11H12N2O4. The molecule has 0 aliphatic carbocycles. The van der Waals surface area contributed by atoms with Gasteiger partial charge < -0.3 is 19.5 Å². The molecule has 1 atom stereocenters. The van der Waals surface area contributed by atoms with Crippen molar-refractivity contribution in [2.75, 3.05) is 7.11 Å². The lowest BCUT2D eigenvalue weighted by Gasteiger charge is -2.01. The highest BCUT2D eigenvalue weighted by molar-refractivity contribution is 5.63. The van der Waals surface area contributed by atoms with Gasteiger partial charge in [-0.15, -0.1) is 0 Å². The molecule has 6 heteroatoms. The SMILES string of the molecule is COC(C)c1noc(-c2ccc(O)cc2O)n1. The number of phenols is 2. The van der Waals surface area contributed by atoms with E-state index in [1.807, 2.05) is 0 Å². The highest BCUT2D eigenvalue weighted by atomic mass is 16.5. The predicted octanol–water partition coefficient (Wildman–Crippen LogP) is 1.86. The molecule has 6 nitrogen and oxygen atoms in total. The van der Waals surface area contributed by atoms with Gasteiger partial charge >= 0.3 is 0 Å². The fourth-order valence-corrected chi connectivity index (χ4v) is 1.32. The number of hydrogen-bond acceptors (Lipinski definition) is 6. The molecule has 1 unspecified atom stereocenters. The van der Waals surface area contributed by atoms with Gasteiger partial charge in [-0.2, -0.15) is 4.98 Å². The Balaban J connectivity index is 2.37. The second-order valence-corrected chi connectivity index (χ2v) is 3.54. The van der Waals surface area contributed by atoms with Crippen molar-refractivity contribution in [2.24, 2.45) is 0 Å². The lowest BCUT2D eigenvalue weighted by atomic mass is 10.2. The van der Waals surface area contributed by atoms with E-state index in [9.17, 15) is 5.11 Å². The number of rotatable bonds is 3. The Hall–Kier alpha value is -2.08. The summed E-state index contributed by atoms with van der Waals surface area (Å²) in [5.41, 5.74) is 0.366. The van der Waals surface area contributed by atoms with Gasteiger partial charge in [0.25, 0.3) is 5.89 Å². The second kappa shape index (κ2) is 4.42. The second-order valence-electron chi connectivity index (χ2n) is 3.54. The van der Waals surface area contributed by atoms with E-state index in [1.54, 1.807) is 14.0 Å². The molecular weight excluding hydrogens is 224 g/mol. The first-order valence-corrected chi connectivity index (χ1v) is 5.00. The minimum atomic E-state index is -0.285. The Morgan fingerprint density at radius 2 is 2.12 bits per heavy atom. The van der Waals surface area contributed by atoms with Crippen LogP contribution in [0.2, 0.25) is 0 Å². The van der Waals surface area contributed by atoms with E-state index in [0.29, 0.717) is 11.4 Å². The van der Waals surface area contributed by atoms with E-state index in [2.05, 4.69) is 10.1 Å². The van der Waals surface area contributed by atoms with Crippen LogP contribution in [0.25, 0.3) is 11.5 Å². The number of aromatic hydroxyl groups is 2. The van der Waals surface area contributed by atoms with Crippen LogP contribution in [0.3, 0.4) is 0 Å². The summed E-state index contributed by atoms with van der Waals surface area (Å²) in [5.74, 6) is 0.429. The first kappa shape index (κ1) is 11.4. The standard InChI is InChI=1S/C11H12N2O4/c1-6(16-2)10-12-11(17-13-10)8-4-3-7(14)5-9(8)15/h3-6,14-15H,1-2H3. The summed E-state index contributed by atoms with van der Waals surface area (Å²) < 4.78 is 10.1. The fourth-order valence-electron chi connectivity index (χ4n) is 1.32. The largest absolute Gasteiger partial charge is 0.508 e. The molecule has 0 saturated heterocycles. The van der Waals surface area contributed by atoms with Crippen molar-refractivity contribution in [2.45, 2.75) is 13.0 Å². The third-order valence-electron chi connectivity index (χ3n) is 2.37. The van der Waals surface area contributed by atoms with Crippen molar-refractivity contribution in [3.05, 3.63) is 24.0 Å². The van der Waals surface area contributed by atoms with Gasteiger partial charge in [0, 0.05) is 13.2 Å². The Morgan fingerprint density at radius 1 is 1.35 bits per heavy atom. The summed E-state index contributed by atoms with van der Waals surface area (Å²) in [7, 11) is 1.54. The van der Waals surface area contributed by atoms with E-state index < -0.39 is 0 Å². The van der Waals surface area contributed by atoms with E-state index in [1.165, 1.54) is 18.2 Å². The molecule has 1 heterocycles. The maximum Gasteiger partial charge on any atom is 0.261 e. The van der Waals surface area contributed by atoms with Gasteiger partial charge in [-0.05, 0) is 19.1 Å². The molecule has 1 aromatic carbocycles. The van der Waals surface area contributed by atoms with Gasteiger partial charge in [-0.1, -0.05) is 5.16 Å². The first-order chi connectivity index (χ1) is 8.11. The molecule has 2 aromatic rings. The summed E-state index contributed by atoms with van der Waals surface area (Å²) in [6, 6.07) is 4.14. The smallest absolute Gasteiger partial charge is 0.261 e. The van der Waals surface area contributed by atoms with Gasteiger partial charge in [0.05, 0.1) is 5.56 Å². The third-order valence-corrected chi connectivity index (χ3v) is 2.37. The molecule has 0 bridgehead atoms. The van der Waals surface area contributed by atoms with Crippen molar-refractivity contribution in [1.29, 1.82) is 0 Å². The fraction of sp³-hybridized carbons (Fsp3) is 0.273. The van der Waals surface area contributed by atoms with E-state index in [4.69, 9.17) is 14.4 Å². The summed E-state index contributed by atoms with van der Waals surface area (Å²) in [5, 5.41) is 22.5. The molecule has 0 radical (unpaired) electrons. The summed E-state index contributed by atoms with van der Waals surface area (Å²) in [6.45, 7) is 1.78. The maximum atomic E-state index is 9.63. The quantitative estimate of drug-likeness (QED) is 0.845. The van der Waals surface area contributed by atoms with Crippen molar-refractivity contribution < 1.29 is 19.5 Å². The monoisotopic (exact) mass is 236 g/mol. The Morgan fingerprint density at radius 3 is 2.76 bits per heavy atom. The van der Waals surface area contributed by atoms with Crippen LogP contribution < -0.4 is 0 Å². The Kier molecular flexibility index (Phi) is 2.97. The van der Waals surface area contributed by atoms with E-state index in [-0.39, 0.29) is 23.5 Å². The number of ether oxygens (including phenoxy) is 1. The van der Waals surface area contributed by atoms with Crippen LogP contribution >= 0.6 is 0 Å². The number of nitrogens with zero attached hydrogens (tertiary/aromatic N) is 2. The zero-order valence-corrected chi connectivity index (χ0v) is 9.41. The maximum absolute atomic E-state index is 9.63. The van der Waals surface area contributed by atoms with Crippen LogP contribution in [0, 0.1) is 0 Å². The number of methoxy groups -OCH3 is 1. The number of aromatic nitrogens is 2. The molecule has 0 saturated carbocycles. The molecule has 0 aliphatic heterocycles. The van der Waals surface area contributed by atoms with E-state index >= 15 is 0 Å². The van der Waals surface area contributed by atoms with Crippen LogP contribution in [0.1, 0.15) is 18.9 Å². The van der Waals surface area contributed by atoms with Crippen molar-refractivity contribution in [3.63, 3.8) is 0 Å². The molecule has 1 aromatic heterocycles. The molecule has 17 heavy (non-hydrogen) atoms. The van der Waals surface area contributed by atoms with Crippen molar-refractivity contribution in [3.8, 4) is 23.0 Å². The number of phenolic OH excluding ortho intramolecular Hbond substituents is 2. The van der Waals surface area contributed by atoms with Crippen LogP contribution in [0.5, 0.6) is 11.5 Å². The molecule has 0 fully saturated rings. The van der Waals surface area contributed by atoms with Gasteiger partial charge in [-0.25, -0.2) is 0 Å². The summed E-state index contributed by atoms with van der Waals surface area (Å²) in [6.07, 6.45) is -0.285. The lowest BCUT2D eigenvalue weighted by Crippen LogP contribution is -1.97. The van der Waals surface area contributed by atoms with Gasteiger partial charge in [0.1, 0.15) is 17.6 Å². The van der Waals surface area contributed by atoms with Crippen LogP contribution in [-0.4, -0.2) is 27.5 Å². The first-order valence-electron chi connectivity index (χ1n) is 5.00. The zero-order valence-electron chi connectivity index (χ0n) is 9.41. The van der Waals surface area contributed by atoms with Gasteiger partial charge in [0.2, 0.25) is 5.82 Å². The molecule has 0 spiro atoms. The average molecular weight is 236 g/mol. The highest BCUT2D eigenvalue weighted by Crippen LogP contribution is 2.31. The predicted molar refractivity (Wildman–Crippen MR) is 58.5 cm³/mol. The number of benzene rings is 1. The van der Waals surface area contributed by atoms with Gasteiger partial charge in [-0.3, -0.25) is 0 Å². The molecule has 2 N–H and O–H groups in total. The molecule has 90 valence electrons. The topological polar surface area (TPSA) is 88.6 Å². The van der Waals surface area contributed by atoms with Crippen molar-refractivity contribution in [1.82, 2.24) is 10.1 Å². The minimum absolute atomic E-state index is 0.0313. The van der Waals surface area contributed by atoms with E-state index in [0.717, 1.165) is 0 Å². The molecule has 2 rings (SSSR count). The summed E-state index contributed by atoms with van der Waals surface area (Å²) in [4.78, 5) is 4.10. The third kappa shape index (κ3) is 2.21. The summed E-state index contributed by atoms with van der Waals surface area (Å²) >= 11 is 0. The van der Waals surface area contributed by atoms with Crippen LogP contribution in [-0.2, 0) is 4.74 Å². The van der Waals surface area contributed by atoms with Crippen LogP contribution in [0.15, 0.2) is 22.7 Å². The van der Waals surface area contributed by atoms with Crippen molar-refractivity contribution >= 4 is 0 Å². The normalized spacial score (nSPS) is 12.6. The average Bonchev–Trinajstić information content (AvgIpc) is 2.77.